The number of amides is 1. The second-order valence-corrected chi connectivity index (χ2v) is 6.67. The van der Waals surface area contributed by atoms with E-state index in [0.29, 0.717) is 24.8 Å². The van der Waals surface area contributed by atoms with Crippen LogP contribution in [0.2, 0.25) is 0 Å². The van der Waals surface area contributed by atoms with Gasteiger partial charge in [-0.3, -0.25) is 0 Å². The van der Waals surface area contributed by atoms with E-state index in [1.807, 2.05) is 20.8 Å². The van der Waals surface area contributed by atoms with E-state index in [1.165, 1.54) is 6.42 Å². The molecule has 2 N–H and O–H groups in total. The Morgan fingerprint density at radius 3 is 2.68 bits per heavy atom. The highest BCUT2D eigenvalue weighted by molar-refractivity contribution is 5.67. The fourth-order valence-corrected chi connectivity index (χ4v) is 2.79. The van der Waals surface area contributed by atoms with Crippen LogP contribution in [0.5, 0.6) is 0 Å². The molecule has 110 valence electrons. The van der Waals surface area contributed by atoms with Crippen molar-refractivity contribution < 1.29 is 14.3 Å². The largest absolute Gasteiger partial charge is 0.444 e. The monoisotopic (exact) mass is 270 g/mol. The van der Waals surface area contributed by atoms with Gasteiger partial charge in [0.15, 0.2) is 0 Å². The Morgan fingerprint density at radius 2 is 2.16 bits per heavy atom. The summed E-state index contributed by atoms with van der Waals surface area (Å²) in [5, 5.41) is 6.33. The molecule has 0 aromatic carbocycles. The Morgan fingerprint density at radius 1 is 1.42 bits per heavy atom. The second kappa shape index (κ2) is 5.67. The number of fused-ring (bicyclic) bond motifs is 2. The predicted octanol–water partition coefficient (Wildman–Crippen LogP) is 1.81. The lowest BCUT2D eigenvalue weighted by molar-refractivity contribution is 0.0521. The number of carbonyl (C=O) groups excluding carboxylic acids is 1. The summed E-state index contributed by atoms with van der Waals surface area (Å²) < 4.78 is 11.0. The van der Waals surface area contributed by atoms with E-state index in [0.717, 1.165) is 12.8 Å². The molecule has 4 atom stereocenters. The van der Waals surface area contributed by atoms with Gasteiger partial charge in [-0.15, -0.1) is 0 Å². The number of carbonyl (C=O) groups is 1. The van der Waals surface area contributed by atoms with Crippen LogP contribution < -0.4 is 10.6 Å². The molecule has 0 radical (unpaired) electrons. The molecule has 1 amide bonds. The minimum atomic E-state index is -0.445. The minimum Gasteiger partial charge on any atom is -0.444 e. The summed E-state index contributed by atoms with van der Waals surface area (Å²) in [5.74, 6) is 0. The van der Waals surface area contributed by atoms with Crippen LogP contribution in [0.3, 0.4) is 0 Å². The molecule has 0 aliphatic carbocycles. The number of rotatable bonds is 4. The Labute approximate surface area is 115 Å². The first kappa shape index (κ1) is 14.6. The van der Waals surface area contributed by atoms with Gasteiger partial charge in [0.1, 0.15) is 5.60 Å². The van der Waals surface area contributed by atoms with E-state index in [9.17, 15) is 4.79 Å². The zero-order valence-corrected chi connectivity index (χ0v) is 12.4. The Kier molecular flexibility index (Phi) is 4.36. The summed E-state index contributed by atoms with van der Waals surface area (Å²) in [6.45, 7) is 8.23. The predicted molar refractivity (Wildman–Crippen MR) is 73.1 cm³/mol. The quantitative estimate of drug-likeness (QED) is 0.818. The van der Waals surface area contributed by atoms with Gasteiger partial charge in [0.25, 0.3) is 0 Å². The van der Waals surface area contributed by atoms with E-state index >= 15 is 0 Å². The molecule has 0 aromatic heterocycles. The highest BCUT2D eigenvalue weighted by Crippen LogP contribution is 2.34. The maximum Gasteiger partial charge on any atom is 0.407 e. The topological polar surface area (TPSA) is 59.6 Å². The molecule has 2 aliphatic rings. The van der Waals surface area contributed by atoms with Crippen molar-refractivity contribution in [2.24, 2.45) is 0 Å². The molecule has 2 fully saturated rings. The van der Waals surface area contributed by atoms with Gasteiger partial charge in [0, 0.05) is 18.6 Å². The van der Waals surface area contributed by atoms with E-state index in [2.05, 4.69) is 17.6 Å². The molecule has 2 saturated heterocycles. The molecular formula is C14H26N2O3. The van der Waals surface area contributed by atoms with Crippen molar-refractivity contribution in [1.29, 1.82) is 0 Å². The summed E-state index contributed by atoms with van der Waals surface area (Å²) in [6.07, 6.45) is 3.93. The standard InChI is InChI=1S/C14H26N2O3/c1-9(8-15-13(17)19-14(2,3)4)16-11-7-10-5-6-12(11)18-10/h9-12,16H,5-8H2,1-4H3,(H,15,17). The molecule has 2 bridgehead atoms. The highest BCUT2D eigenvalue weighted by atomic mass is 16.6. The van der Waals surface area contributed by atoms with Gasteiger partial charge in [-0.2, -0.15) is 0 Å². The SMILES string of the molecule is CC(CNC(=O)OC(C)(C)C)NC1CC2CCC1O2. The zero-order chi connectivity index (χ0) is 14.0. The van der Waals surface area contributed by atoms with E-state index in [1.54, 1.807) is 0 Å². The average Bonchev–Trinajstić information content (AvgIpc) is 2.85. The highest BCUT2D eigenvalue weighted by Gasteiger charge is 2.40. The summed E-state index contributed by atoms with van der Waals surface area (Å²) in [5.41, 5.74) is -0.445. The van der Waals surface area contributed by atoms with E-state index in [4.69, 9.17) is 9.47 Å². The lowest BCUT2D eigenvalue weighted by atomic mass is 9.95. The fourth-order valence-electron chi connectivity index (χ4n) is 2.79. The lowest BCUT2D eigenvalue weighted by Gasteiger charge is -2.25. The van der Waals surface area contributed by atoms with Crippen LogP contribution in [0, 0.1) is 0 Å². The van der Waals surface area contributed by atoms with Gasteiger partial charge in [0.2, 0.25) is 0 Å². The van der Waals surface area contributed by atoms with Crippen molar-refractivity contribution in [3.8, 4) is 0 Å². The first-order valence-corrected chi connectivity index (χ1v) is 7.22. The van der Waals surface area contributed by atoms with E-state index < -0.39 is 5.60 Å². The molecule has 5 heteroatoms. The van der Waals surface area contributed by atoms with Gasteiger partial charge in [-0.25, -0.2) is 4.79 Å². The summed E-state index contributed by atoms with van der Waals surface area (Å²) >= 11 is 0. The number of hydrogen-bond acceptors (Lipinski definition) is 4. The molecule has 4 unspecified atom stereocenters. The van der Waals surface area contributed by atoms with Gasteiger partial charge in [0.05, 0.1) is 12.2 Å². The van der Waals surface area contributed by atoms with Crippen LogP contribution in [0.15, 0.2) is 0 Å². The van der Waals surface area contributed by atoms with Crippen LogP contribution in [0.1, 0.15) is 47.0 Å². The molecule has 2 rings (SSSR count). The summed E-state index contributed by atoms with van der Waals surface area (Å²) in [6, 6.07) is 0.662. The first-order chi connectivity index (χ1) is 8.83. The van der Waals surface area contributed by atoms with Crippen molar-refractivity contribution in [2.75, 3.05) is 6.54 Å². The maximum absolute atomic E-state index is 11.5. The fraction of sp³-hybridized carbons (Fsp3) is 0.929. The van der Waals surface area contributed by atoms with Gasteiger partial charge >= 0.3 is 6.09 Å². The third-order valence-corrected chi connectivity index (χ3v) is 3.56. The minimum absolute atomic E-state index is 0.223. The number of alkyl carbamates (subject to hydrolysis) is 1. The molecule has 0 spiro atoms. The van der Waals surface area contributed by atoms with Crippen LogP contribution in [0.4, 0.5) is 4.79 Å². The molecule has 2 heterocycles. The number of hydrogen-bond donors (Lipinski definition) is 2. The van der Waals surface area contributed by atoms with Crippen LogP contribution in [0.25, 0.3) is 0 Å². The van der Waals surface area contributed by atoms with Gasteiger partial charge in [-0.05, 0) is 47.0 Å². The zero-order valence-electron chi connectivity index (χ0n) is 12.4. The third-order valence-electron chi connectivity index (χ3n) is 3.56. The maximum atomic E-state index is 11.5. The normalized spacial score (nSPS) is 31.3. The molecule has 5 nitrogen and oxygen atoms in total. The summed E-state index contributed by atoms with van der Waals surface area (Å²) in [7, 11) is 0. The molecular weight excluding hydrogens is 244 g/mol. The van der Waals surface area contributed by atoms with Gasteiger partial charge < -0.3 is 20.1 Å². The molecule has 19 heavy (non-hydrogen) atoms. The Balaban J connectivity index is 1.65. The third kappa shape index (κ3) is 4.35. The average molecular weight is 270 g/mol. The molecule has 0 saturated carbocycles. The van der Waals surface area contributed by atoms with Gasteiger partial charge in [-0.1, -0.05) is 0 Å². The van der Waals surface area contributed by atoms with Crippen molar-refractivity contribution in [2.45, 2.75) is 76.9 Å². The Hall–Kier alpha value is -0.810. The van der Waals surface area contributed by atoms with E-state index in [-0.39, 0.29) is 12.1 Å². The lowest BCUT2D eigenvalue weighted by Crippen LogP contribution is -2.48. The molecule has 0 aromatic rings. The number of ether oxygens (including phenoxy) is 2. The van der Waals surface area contributed by atoms with Crippen molar-refractivity contribution >= 4 is 6.09 Å². The smallest absolute Gasteiger partial charge is 0.407 e. The summed E-state index contributed by atoms with van der Waals surface area (Å²) in [4.78, 5) is 11.5. The van der Waals surface area contributed by atoms with Crippen molar-refractivity contribution in [3.63, 3.8) is 0 Å². The first-order valence-electron chi connectivity index (χ1n) is 7.22. The second-order valence-electron chi connectivity index (χ2n) is 6.67. The van der Waals surface area contributed by atoms with Crippen LogP contribution in [-0.4, -0.2) is 42.5 Å². The molecule has 2 aliphatic heterocycles. The van der Waals surface area contributed by atoms with Crippen molar-refractivity contribution in [3.05, 3.63) is 0 Å². The van der Waals surface area contributed by atoms with Crippen LogP contribution in [-0.2, 0) is 9.47 Å². The van der Waals surface area contributed by atoms with Crippen molar-refractivity contribution in [1.82, 2.24) is 10.6 Å². The van der Waals surface area contributed by atoms with Crippen LogP contribution >= 0.6 is 0 Å². The Bertz CT molecular complexity index is 327. The number of nitrogens with one attached hydrogen (secondary N) is 2.